The quantitative estimate of drug-likeness (QED) is 0.0800. The highest BCUT2D eigenvalue weighted by Crippen LogP contribution is 2.52. The maximum absolute atomic E-state index is 12.7. The average Bonchev–Trinajstić information content (AvgIpc) is 2.86. The molecule has 0 heterocycles. The summed E-state index contributed by atoms with van der Waals surface area (Å²) in [5.41, 5.74) is -1.34. The highest BCUT2D eigenvalue weighted by atomic mass is 32.3. The SMILES string of the molecule is CC(C)OP(=O)(CS(=O)(=O)c1ccc([N+](=O)[O-])cc1)OC(C)C.CC(C)OP(C)(=O)OC(C)C.O=[N+]([O-])c1ccc(S(=O)(=O)F)cc1. The van der Waals surface area contributed by atoms with Gasteiger partial charge in [0.15, 0.2) is 15.3 Å². The molecule has 0 unspecified atom stereocenters. The van der Waals surface area contributed by atoms with Gasteiger partial charge >= 0.3 is 25.4 Å². The molecule has 0 aliphatic carbocycles. The summed E-state index contributed by atoms with van der Waals surface area (Å²) in [6.45, 7) is 15.3. The van der Waals surface area contributed by atoms with Gasteiger partial charge in [0.1, 0.15) is 0 Å². The molecule has 0 amide bonds. The van der Waals surface area contributed by atoms with Crippen molar-refractivity contribution < 1.29 is 57.8 Å². The zero-order valence-corrected chi connectivity index (χ0v) is 30.8. The van der Waals surface area contributed by atoms with Gasteiger partial charge < -0.3 is 18.1 Å². The van der Waals surface area contributed by atoms with Crippen molar-refractivity contribution in [3.63, 3.8) is 0 Å². The minimum absolute atomic E-state index is 0.0513. The summed E-state index contributed by atoms with van der Waals surface area (Å²) in [5.74, 6) is 0. The molecule has 0 bridgehead atoms. The lowest BCUT2D eigenvalue weighted by Crippen LogP contribution is -2.15. The number of sulfone groups is 1. The van der Waals surface area contributed by atoms with Crippen molar-refractivity contribution in [1.29, 1.82) is 0 Å². The molecule has 0 N–H and O–H groups in total. The van der Waals surface area contributed by atoms with Crippen LogP contribution in [0.25, 0.3) is 0 Å². The van der Waals surface area contributed by atoms with E-state index in [2.05, 4.69) is 0 Å². The van der Waals surface area contributed by atoms with Crippen molar-refractivity contribution in [3.05, 3.63) is 68.8 Å². The summed E-state index contributed by atoms with van der Waals surface area (Å²) in [5, 5.41) is 20.7. The summed E-state index contributed by atoms with van der Waals surface area (Å²) in [7, 11) is -15.4. The van der Waals surface area contributed by atoms with Gasteiger partial charge in [0.2, 0.25) is 0 Å². The van der Waals surface area contributed by atoms with Crippen LogP contribution in [0.3, 0.4) is 0 Å². The third-order valence-corrected chi connectivity index (χ3v) is 12.2. The Hall–Kier alpha value is -2.63. The Kier molecular flexibility index (Phi) is 17.7. The van der Waals surface area contributed by atoms with Crippen molar-refractivity contribution in [1.82, 2.24) is 0 Å². The molecule has 0 aliphatic heterocycles. The number of nitro groups is 2. The Morgan fingerprint density at radius 2 is 0.936 bits per heavy atom. The molecule has 0 radical (unpaired) electrons. The van der Waals surface area contributed by atoms with Gasteiger partial charge in [0.05, 0.1) is 44.1 Å². The monoisotopic (exact) mass is 750 g/mol. The van der Waals surface area contributed by atoms with Gasteiger partial charge in [-0.15, -0.1) is 3.89 Å². The summed E-state index contributed by atoms with van der Waals surface area (Å²) in [6, 6.07) is 7.87. The van der Waals surface area contributed by atoms with E-state index in [-0.39, 0.29) is 28.5 Å². The van der Waals surface area contributed by atoms with Crippen molar-refractivity contribution in [2.75, 3.05) is 12.2 Å². The topological polar surface area (TPSA) is 226 Å². The number of hydrogen-bond acceptors (Lipinski definition) is 14. The van der Waals surface area contributed by atoms with E-state index < -0.39 is 67.7 Å². The average molecular weight is 751 g/mol. The summed E-state index contributed by atoms with van der Waals surface area (Å²) < 4.78 is 102. The fourth-order valence-corrected chi connectivity index (χ4v) is 9.98. The van der Waals surface area contributed by atoms with E-state index in [1.165, 1.54) is 6.66 Å². The molecule has 0 aromatic heterocycles. The van der Waals surface area contributed by atoms with Gasteiger partial charge in [-0.05, 0) is 79.7 Å². The fraction of sp³-hybridized carbons (Fsp3) is 0.538. The van der Waals surface area contributed by atoms with Crippen LogP contribution in [-0.2, 0) is 47.3 Å². The van der Waals surface area contributed by atoms with E-state index in [1.807, 2.05) is 27.7 Å². The minimum Gasteiger partial charge on any atom is -0.306 e. The van der Waals surface area contributed by atoms with Crippen LogP contribution in [0.2, 0.25) is 0 Å². The number of halogens is 1. The van der Waals surface area contributed by atoms with Crippen LogP contribution in [0.5, 0.6) is 0 Å². The highest BCUT2D eigenvalue weighted by Gasteiger charge is 2.35. The third-order valence-electron chi connectivity index (χ3n) is 4.61. The first-order valence-electron chi connectivity index (χ1n) is 13.8. The lowest BCUT2D eigenvalue weighted by Gasteiger charge is -2.22. The first-order valence-corrected chi connectivity index (χ1v) is 20.5. The van der Waals surface area contributed by atoms with E-state index in [4.69, 9.17) is 18.1 Å². The van der Waals surface area contributed by atoms with Crippen molar-refractivity contribution >= 4 is 46.6 Å². The highest BCUT2D eigenvalue weighted by molar-refractivity contribution is 7.97. The molecular formula is C26H41FN2O14P2S2. The van der Waals surface area contributed by atoms with Crippen LogP contribution in [-0.4, -0.2) is 63.3 Å². The lowest BCUT2D eigenvalue weighted by molar-refractivity contribution is -0.385. The second kappa shape index (κ2) is 18.8. The van der Waals surface area contributed by atoms with Crippen molar-refractivity contribution in [2.24, 2.45) is 0 Å². The lowest BCUT2D eigenvalue weighted by atomic mass is 10.3. The normalized spacial score (nSPS) is 12.4. The number of non-ortho nitro benzene ring substituents is 2. The summed E-state index contributed by atoms with van der Waals surface area (Å²) in [6.07, 6.45) is -1.06. The number of rotatable bonds is 14. The number of nitro benzene ring substituents is 2. The molecule has 16 nitrogen and oxygen atoms in total. The molecule has 0 saturated carbocycles. The molecule has 2 aromatic rings. The molecule has 0 saturated heterocycles. The maximum Gasteiger partial charge on any atom is 0.346 e. The molecule has 0 spiro atoms. The first kappa shape index (κ1) is 44.4. The molecule has 21 heteroatoms. The van der Waals surface area contributed by atoms with E-state index in [0.717, 1.165) is 48.5 Å². The molecule has 268 valence electrons. The Labute approximate surface area is 274 Å². The molecule has 0 aliphatic rings. The van der Waals surface area contributed by atoms with Crippen LogP contribution in [0.4, 0.5) is 15.3 Å². The molecule has 2 rings (SSSR count). The van der Waals surface area contributed by atoms with Crippen LogP contribution < -0.4 is 0 Å². The Balaban J connectivity index is 0.000000744. The second-order valence-electron chi connectivity index (χ2n) is 10.7. The van der Waals surface area contributed by atoms with Gasteiger partial charge in [-0.2, -0.15) is 8.42 Å². The first-order chi connectivity index (χ1) is 21.2. The number of benzene rings is 2. The van der Waals surface area contributed by atoms with E-state index in [1.54, 1.807) is 27.7 Å². The number of hydrogen-bond donors (Lipinski definition) is 0. The molecule has 0 atom stereocenters. The van der Waals surface area contributed by atoms with Crippen LogP contribution in [0.15, 0.2) is 58.3 Å². The van der Waals surface area contributed by atoms with Gasteiger partial charge in [-0.25, -0.2) is 8.42 Å². The molecule has 2 aromatic carbocycles. The van der Waals surface area contributed by atoms with Gasteiger partial charge in [0.25, 0.3) is 11.4 Å². The standard InChI is InChI=1S/C13H20NO7PS.C7H17O3P.C6H4FNO4S/c1-10(2)20-22(17,21-11(3)4)9-23(18,19)13-7-5-12(6-8-13)14(15)16;1-6(2)9-11(5,8)10-7(3)4;7-13(11,12)6-3-1-5(2-4-6)8(9)10/h5-8,10-11H,9H2,1-4H3;6-7H,1-5H3;1-4H. The van der Waals surface area contributed by atoms with Crippen LogP contribution in [0.1, 0.15) is 55.4 Å². The predicted molar refractivity (Wildman–Crippen MR) is 173 cm³/mol. The predicted octanol–water partition coefficient (Wildman–Crippen LogP) is 7.28. The Morgan fingerprint density at radius 3 is 1.19 bits per heavy atom. The minimum atomic E-state index is -4.77. The fourth-order valence-electron chi connectivity index (χ4n) is 3.31. The smallest absolute Gasteiger partial charge is 0.306 e. The zero-order valence-electron chi connectivity index (χ0n) is 27.3. The third kappa shape index (κ3) is 18.5. The van der Waals surface area contributed by atoms with Gasteiger partial charge in [-0.1, -0.05) is 0 Å². The van der Waals surface area contributed by atoms with Crippen molar-refractivity contribution in [3.8, 4) is 0 Å². The van der Waals surface area contributed by atoms with E-state index >= 15 is 0 Å². The van der Waals surface area contributed by atoms with E-state index in [9.17, 15) is 50.1 Å². The van der Waals surface area contributed by atoms with E-state index in [0.29, 0.717) is 0 Å². The number of nitrogens with zero attached hydrogens (tertiary/aromatic N) is 2. The summed E-state index contributed by atoms with van der Waals surface area (Å²) >= 11 is 0. The second-order valence-corrected chi connectivity index (χ2v) is 18.4. The van der Waals surface area contributed by atoms with Crippen LogP contribution >= 0.6 is 15.2 Å². The Bertz CT molecular complexity index is 1600. The summed E-state index contributed by atoms with van der Waals surface area (Å²) in [4.78, 5) is 18.6. The zero-order chi connectivity index (χ0) is 37.0. The van der Waals surface area contributed by atoms with Crippen molar-refractivity contribution in [2.45, 2.75) is 89.6 Å². The molecular weight excluding hydrogens is 709 g/mol. The van der Waals surface area contributed by atoms with Crippen LogP contribution in [0, 0.1) is 20.2 Å². The molecule has 47 heavy (non-hydrogen) atoms. The maximum atomic E-state index is 12.7. The largest absolute Gasteiger partial charge is 0.346 e. The van der Waals surface area contributed by atoms with Gasteiger partial charge in [0, 0.05) is 30.9 Å². The molecule has 0 fully saturated rings. The Morgan fingerprint density at radius 1 is 0.638 bits per heavy atom. The van der Waals surface area contributed by atoms with Gasteiger partial charge in [-0.3, -0.25) is 29.4 Å².